The van der Waals surface area contributed by atoms with E-state index in [2.05, 4.69) is 31.3 Å². The van der Waals surface area contributed by atoms with E-state index in [9.17, 15) is 24.8 Å². The zero-order valence-corrected chi connectivity index (χ0v) is 19.8. The summed E-state index contributed by atoms with van der Waals surface area (Å²) in [5.41, 5.74) is 3.81. The lowest BCUT2D eigenvalue weighted by Crippen LogP contribution is -2.20. The number of carbonyl (C=O) groups is 2. The number of aromatic hydroxyl groups is 1. The van der Waals surface area contributed by atoms with Crippen LogP contribution in [0.5, 0.6) is 5.75 Å². The van der Waals surface area contributed by atoms with Crippen molar-refractivity contribution in [2.75, 3.05) is 0 Å². The van der Waals surface area contributed by atoms with Crippen LogP contribution >= 0.6 is 11.3 Å². The van der Waals surface area contributed by atoms with Crippen LogP contribution in [0.3, 0.4) is 0 Å². The molecular weight excluding hydrogens is 458 g/mol. The lowest BCUT2D eigenvalue weighted by molar-refractivity contribution is -0.385. The Kier molecular flexibility index (Phi) is 6.83. The molecule has 2 aromatic carbocycles. The van der Waals surface area contributed by atoms with Gasteiger partial charge in [0.05, 0.1) is 16.2 Å². The van der Waals surface area contributed by atoms with Crippen molar-refractivity contribution in [3.05, 3.63) is 80.2 Å². The second-order valence-electron chi connectivity index (χ2n) is 8.58. The van der Waals surface area contributed by atoms with Crippen molar-refractivity contribution < 1.29 is 24.7 Å². The Bertz CT molecular complexity index is 1300. The van der Waals surface area contributed by atoms with Crippen LogP contribution in [0.1, 0.15) is 59.5 Å². The molecule has 0 bridgehead atoms. The summed E-state index contributed by atoms with van der Waals surface area (Å²) >= 11 is 1.34. The highest BCUT2D eigenvalue weighted by Gasteiger charge is 2.22. The van der Waals surface area contributed by atoms with Gasteiger partial charge in [0.25, 0.3) is 11.6 Å². The van der Waals surface area contributed by atoms with E-state index in [1.807, 2.05) is 24.3 Å². The van der Waals surface area contributed by atoms with E-state index in [-0.39, 0.29) is 16.7 Å². The van der Waals surface area contributed by atoms with Crippen molar-refractivity contribution in [3.8, 4) is 16.2 Å². The highest BCUT2D eigenvalue weighted by molar-refractivity contribution is 7.14. The average molecular weight is 482 g/mol. The molecule has 0 radical (unpaired) electrons. The maximum atomic E-state index is 12.5. The molecule has 0 aliphatic heterocycles. The van der Waals surface area contributed by atoms with E-state index in [1.165, 1.54) is 23.0 Å². The van der Waals surface area contributed by atoms with Gasteiger partial charge in [-0.15, -0.1) is 11.3 Å². The van der Waals surface area contributed by atoms with Gasteiger partial charge in [-0.25, -0.2) is 10.2 Å². The molecule has 3 N–H and O–H groups in total. The molecule has 0 unspecified atom stereocenters. The molecule has 3 aromatic rings. The number of amides is 1. The predicted octanol–water partition coefficient (Wildman–Crippen LogP) is 5.18. The smallest absolute Gasteiger partial charge is 0.342 e. The summed E-state index contributed by atoms with van der Waals surface area (Å²) in [6.45, 7) is 7.97. The zero-order valence-electron chi connectivity index (χ0n) is 18.9. The molecule has 3 rings (SSSR count). The number of carboxylic acids is 1. The van der Waals surface area contributed by atoms with Gasteiger partial charge in [-0.05, 0) is 35.6 Å². The molecule has 0 fully saturated rings. The number of hydrogen-bond acceptors (Lipinski definition) is 7. The van der Waals surface area contributed by atoms with Crippen molar-refractivity contribution in [2.45, 2.75) is 33.1 Å². The number of hydrogen-bond donors (Lipinski definition) is 3. The predicted molar refractivity (Wildman–Crippen MR) is 130 cm³/mol. The second-order valence-corrected chi connectivity index (χ2v) is 9.46. The SMILES string of the molecule is C/C(=N/NC(=O)c1ccc(C(=O)O)c([N+](=O)[O-])c1)c1c(O)csc1-c1ccc(C(C)(C)C)cc1. The van der Waals surface area contributed by atoms with Crippen molar-refractivity contribution in [1.82, 2.24) is 5.43 Å². The van der Waals surface area contributed by atoms with Gasteiger partial charge in [-0.1, -0.05) is 45.0 Å². The fraction of sp³-hybridized carbons (Fsp3) is 0.208. The first-order valence-corrected chi connectivity index (χ1v) is 11.1. The summed E-state index contributed by atoms with van der Waals surface area (Å²) in [5, 5.41) is 36.3. The maximum Gasteiger partial charge on any atom is 0.342 e. The summed E-state index contributed by atoms with van der Waals surface area (Å²) < 4.78 is 0. The van der Waals surface area contributed by atoms with Crippen LogP contribution in [0.2, 0.25) is 0 Å². The summed E-state index contributed by atoms with van der Waals surface area (Å²) in [5.74, 6) is -2.22. The number of nitrogens with one attached hydrogen (secondary N) is 1. The third kappa shape index (κ3) is 5.12. The second kappa shape index (κ2) is 9.44. The van der Waals surface area contributed by atoms with Gasteiger partial charge in [0.15, 0.2) is 0 Å². The number of thiophene rings is 1. The Hall–Kier alpha value is -4.05. The van der Waals surface area contributed by atoms with E-state index in [0.717, 1.165) is 22.6 Å². The van der Waals surface area contributed by atoms with Gasteiger partial charge >= 0.3 is 5.97 Å². The number of hydrazone groups is 1. The molecule has 0 atom stereocenters. The summed E-state index contributed by atoms with van der Waals surface area (Å²) in [6, 6.07) is 11.0. The number of nitro groups is 1. The highest BCUT2D eigenvalue weighted by Crippen LogP contribution is 2.38. The molecule has 9 nitrogen and oxygen atoms in total. The number of carboxylic acid groups (broad SMARTS) is 1. The molecule has 0 aliphatic carbocycles. The zero-order chi connectivity index (χ0) is 25.2. The van der Waals surface area contributed by atoms with Gasteiger partial charge in [-0.2, -0.15) is 5.10 Å². The number of rotatable bonds is 6. The molecule has 1 heterocycles. The molecule has 0 spiro atoms. The Morgan fingerprint density at radius 1 is 1.12 bits per heavy atom. The van der Waals surface area contributed by atoms with Crippen LogP contribution < -0.4 is 5.43 Å². The van der Waals surface area contributed by atoms with Gasteiger partial charge in [0, 0.05) is 21.9 Å². The molecule has 176 valence electrons. The van der Waals surface area contributed by atoms with Crippen LogP contribution in [0.25, 0.3) is 10.4 Å². The van der Waals surface area contributed by atoms with Crippen LogP contribution in [-0.2, 0) is 5.41 Å². The quantitative estimate of drug-likeness (QED) is 0.252. The first kappa shape index (κ1) is 24.6. The maximum absolute atomic E-state index is 12.5. The standard InChI is InChI=1S/C24H23N3O6S/c1-13(25-26-22(29)15-7-10-17(23(30)31)18(11-15)27(32)33)20-19(28)12-34-21(20)14-5-8-16(9-6-14)24(2,3)4/h5-12,28H,1-4H3,(H,26,29)(H,30,31)/b25-13-. The number of carbonyl (C=O) groups excluding carboxylic acids is 1. The molecular formula is C24H23N3O6S. The van der Waals surface area contributed by atoms with Gasteiger partial charge in [0.2, 0.25) is 0 Å². The van der Waals surface area contributed by atoms with Crippen molar-refractivity contribution in [3.63, 3.8) is 0 Å². The summed E-state index contributed by atoms with van der Waals surface area (Å²) in [7, 11) is 0. The van der Waals surface area contributed by atoms with Gasteiger partial charge in [0.1, 0.15) is 11.3 Å². The van der Waals surface area contributed by atoms with E-state index < -0.39 is 28.1 Å². The topological polar surface area (TPSA) is 142 Å². The van der Waals surface area contributed by atoms with Crippen molar-refractivity contribution >= 4 is 34.6 Å². The van der Waals surface area contributed by atoms with Crippen molar-refractivity contribution in [1.29, 1.82) is 0 Å². The first-order valence-electron chi connectivity index (χ1n) is 10.2. The van der Waals surface area contributed by atoms with Crippen LogP contribution in [0.15, 0.2) is 52.9 Å². The van der Waals surface area contributed by atoms with Crippen LogP contribution in [-0.4, -0.2) is 32.7 Å². The number of aromatic carboxylic acids is 1. The Labute approximate surface area is 199 Å². The summed E-state index contributed by atoms with van der Waals surface area (Å²) in [6.07, 6.45) is 0. The number of nitro benzene ring substituents is 1. The lowest BCUT2D eigenvalue weighted by atomic mass is 9.86. The molecule has 0 saturated carbocycles. The Balaban J connectivity index is 1.88. The lowest BCUT2D eigenvalue weighted by Gasteiger charge is -2.19. The average Bonchev–Trinajstić information content (AvgIpc) is 3.17. The van der Waals surface area contributed by atoms with E-state index in [0.29, 0.717) is 11.3 Å². The fourth-order valence-electron chi connectivity index (χ4n) is 3.29. The van der Waals surface area contributed by atoms with Crippen molar-refractivity contribution in [2.24, 2.45) is 5.10 Å². The minimum Gasteiger partial charge on any atom is -0.506 e. The van der Waals surface area contributed by atoms with Gasteiger partial charge in [-0.3, -0.25) is 14.9 Å². The normalized spacial score (nSPS) is 11.8. The molecule has 10 heteroatoms. The molecule has 1 amide bonds. The van der Waals surface area contributed by atoms with E-state index in [4.69, 9.17) is 5.11 Å². The molecule has 0 aliphatic rings. The van der Waals surface area contributed by atoms with Gasteiger partial charge < -0.3 is 10.2 Å². The molecule has 0 saturated heterocycles. The first-order chi connectivity index (χ1) is 15.9. The fourth-order valence-corrected chi connectivity index (χ4v) is 4.28. The minimum absolute atomic E-state index is 0.00164. The number of nitrogens with zero attached hydrogens (tertiary/aromatic N) is 2. The van der Waals surface area contributed by atoms with E-state index in [1.54, 1.807) is 12.3 Å². The molecule has 34 heavy (non-hydrogen) atoms. The largest absolute Gasteiger partial charge is 0.506 e. The summed E-state index contributed by atoms with van der Waals surface area (Å²) in [4.78, 5) is 34.7. The van der Waals surface area contributed by atoms with Crippen LogP contribution in [0.4, 0.5) is 5.69 Å². The van der Waals surface area contributed by atoms with E-state index >= 15 is 0 Å². The monoisotopic (exact) mass is 481 g/mol. The highest BCUT2D eigenvalue weighted by atomic mass is 32.1. The minimum atomic E-state index is -1.47. The number of benzene rings is 2. The molecule has 1 aromatic heterocycles. The third-order valence-corrected chi connectivity index (χ3v) is 6.18. The Morgan fingerprint density at radius 2 is 1.76 bits per heavy atom. The third-order valence-electron chi connectivity index (χ3n) is 5.16. The van der Waals surface area contributed by atoms with Crippen LogP contribution in [0, 0.1) is 10.1 Å². The Morgan fingerprint density at radius 3 is 2.32 bits per heavy atom.